The lowest BCUT2D eigenvalue weighted by atomic mass is 10.0. The molecular weight excluding hydrogens is 244 g/mol. The highest BCUT2D eigenvalue weighted by Gasteiger charge is 2.13. The van der Waals surface area contributed by atoms with Crippen molar-refractivity contribution in [2.45, 2.75) is 19.4 Å². The number of rotatable bonds is 4. The molecule has 0 radical (unpaired) electrons. The second kappa shape index (κ2) is 5.14. The minimum Gasteiger partial charge on any atom is -0.481 e. The topological polar surface area (TPSA) is 64.2 Å². The van der Waals surface area contributed by atoms with Gasteiger partial charge in [0.15, 0.2) is 0 Å². The summed E-state index contributed by atoms with van der Waals surface area (Å²) in [6.07, 6.45) is 3.44. The summed E-state index contributed by atoms with van der Waals surface area (Å²) >= 11 is 0. The molecule has 1 aromatic heterocycles. The highest BCUT2D eigenvalue weighted by Crippen LogP contribution is 2.16. The van der Waals surface area contributed by atoms with Gasteiger partial charge in [-0.15, -0.1) is 0 Å². The molecule has 100 valence electrons. The average molecular weight is 260 g/mol. The molecule has 0 spiro atoms. The Balaban J connectivity index is 2.17. The van der Waals surface area contributed by atoms with Crippen molar-refractivity contribution in [3.8, 4) is 0 Å². The molecule has 0 bridgehead atoms. The number of imidazole rings is 1. The van der Waals surface area contributed by atoms with Crippen LogP contribution in [0.25, 0.3) is 0 Å². The fraction of sp³-hybridized carbons (Fsp3) is 0.286. The van der Waals surface area contributed by atoms with Crippen molar-refractivity contribution in [2.24, 2.45) is 7.05 Å². The zero-order valence-electron chi connectivity index (χ0n) is 10.9. The van der Waals surface area contributed by atoms with E-state index in [0.717, 1.165) is 11.1 Å². The number of carboxylic acids is 1. The third-order valence-electron chi connectivity index (χ3n) is 3.22. The van der Waals surface area contributed by atoms with E-state index in [2.05, 4.69) is 0 Å². The largest absolute Gasteiger partial charge is 0.481 e. The SMILES string of the molecule is CC(C(=O)O)c1ccc(Cn2ccn(C)c2=O)cc1. The average Bonchev–Trinajstić information content (AvgIpc) is 2.71. The van der Waals surface area contributed by atoms with E-state index in [1.54, 1.807) is 43.1 Å². The Kier molecular flexibility index (Phi) is 3.55. The van der Waals surface area contributed by atoms with Crippen molar-refractivity contribution in [1.82, 2.24) is 9.13 Å². The van der Waals surface area contributed by atoms with Crippen molar-refractivity contribution >= 4 is 5.97 Å². The summed E-state index contributed by atoms with van der Waals surface area (Å²) in [5, 5.41) is 8.93. The Morgan fingerprint density at radius 3 is 2.37 bits per heavy atom. The Hall–Kier alpha value is -2.30. The number of aryl methyl sites for hydroxylation is 1. The molecule has 0 fully saturated rings. The van der Waals surface area contributed by atoms with Crippen molar-refractivity contribution in [1.29, 1.82) is 0 Å². The third-order valence-corrected chi connectivity index (χ3v) is 3.22. The van der Waals surface area contributed by atoms with Gasteiger partial charge >= 0.3 is 11.7 Å². The Labute approximate surface area is 110 Å². The molecule has 0 saturated heterocycles. The normalized spacial score (nSPS) is 12.3. The monoisotopic (exact) mass is 260 g/mol. The molecule has 0 saturated carbocycles. The van der Waals surface area contributed by atoms with Gasteiger partial charge in [0, 0.05) is 19.4 Å². The van der Waals surface area contributed by atoms with Gasteiger partial charge in [0.05, 0.1) is 12.5 Å². The van der Waals surface area contributed by atoms with Crippen LogP contribution in [0.4, 0.5) is 0 Å². The molecule has 0 aliphatic carbocycles. The maximum absolute atomic E-state index is 11.7. The summed E-state index contributed by atoms with van der Waals surface area (Å²) in [5.74, 6) is -1.36. The summed E-state index contributed by atoms with van der Waals surface area (Å²) in [6, 6.07) is 7.30. The van der Waals surface area contributed by atoms with E-state index in [-0.39, 0.29) is 5.69 Å². The highest BCUT2D eigenvalue weighted by molar-refractivity contribution is 5.75. The molecule has 5 heteroatoms. The van der Waals surface area contributed by atoms with E-state index < -0.39 is 11.9 Å². The van der Waals surface area contributed by atoms with E-state index in [0.29, 0.717) is 6.54 Å². The van der Waals surface area contributed by atoms with Crippen LogP contribution in [0.1, 0.15) is 24.0 Å². The first-order valence-electron chi connectivity index (χ1n) is 6.02. The van der Waals surface area contributed by atoms with Gasteiger partial charge in [-0.1, -0.05) is 24.3 Å². The van der Waals surface area contributed by atoms with Crippen molar-refractivity contribution < 1.29 is 9.90 Å². The lowest BCUT2D eigenvalue weighted by molar-refractivity contribution is -0.138. The number of carboxylic acid groups (broad SMARTS) is 1. The van der Waals surface area contributed by atoms with Crippen molar-refractivity contribution in [2.75, 3.05) is 0 Å². The molecule has 1 atom stereocenters. The van der Waals surface area contributed by atoms with Crippen LogP contribution in [0, 0.1) is 0 Å². The van der Waals surface area contributed by atoms with Crippen LogP contribution in [0.15, 0.2) is 41.5 Å². The smallest absolute Gasteiger partial charge is 0.328 e. The van der Waals surface area contributed by atoms with Gasteiger partial charge in [-0.3, -0.25) is 9.36 Å². The molecule has 2 aromatic rings. The van der Waals surface area contributed by atoms with Crippen LogP contribution in [0.3, 0.4) is 0 Å². The zero-order chi connectivity index (χ0) is 14.0. The summed E-state index contributed by atoms with van der Waals surface area (Å²) in [7, 11) is 1.70. The minimum absolute atomic E-state index is 0.0667. The Bertz CT molecular complexity index is 637. The van der Waals surface area contributed by atoms with Gasteiger partial charge in [0.2, 0.25) is 0 Å². The number of nitrogens with zero attached hydrogens (tertiary/aromatic N) is 2. The van der Waals surface area contributed by atoms with Crippen molar-refractivity contribution in [3.05, 3.63) is 58.3 Å². The van der Waals surface area contributed by atoms with E-state index in [4.69, 9.17) is 5.11 Å². The summed E-state index contributed by atoms with van der Waals surface area (Å²) in [6.45, 7) is 2.14. The molecule has 0 aliphatic rings. The lowest BCUT2D eigenvalue weighted by Crippen LogP contribution is -2.22. The highest BCUT2D eigenvalue weighted by atomic mass is 16.4. The molecular formula is C14H16N2O3. The number of benzene rings is 1. The lowest BCUT2D eigenvalue weighted by Gasteiger charge is -2.08. The van der Waals surface area contributed by atoms with Crippen molar-refractivity contribution in [3.63, 3.8) is 0 Å². The maximum atomic E-state index is 11.7. The summed E-state index contributed by atoms with van der Waals surface area (Å²) < 4.78 is 3.12. The molecule has 1 unspecified atom stereocenters. The van der Waals surface area contributed by atoms with E-state index >= 15 is 0 Å². The maximum Gasteiger partial charge on any atom is 0.328 e. The molecule has 1 heterocycles. The van der Waals surface area contributed by atoms with Crippen LogP contribution in [-0.2, 0) is 18.4 Å². The predicted octanol–water partition coefficient (Wildman–Crippen LogP) is 1.42. The molecule has 0 aliphatic heterocycles. The van der Waals surface area contributed by atoms with E-state index in [1.807, 2.05) is 12.1 Å². The number of aliphatic carboxylic acids is 1. The zero-order valence-corrected chi connectivity index (χ0v) is 10.9. The number of hydrogen-bond donors (Lipinski definition) is 1. The first kappa shape index (κ1) is 13.1. The molecule has 1 aromatic carbocycles. The van der Waals surface area contributed by atoms with Crippen LogP contribution in [0.5, 0.6) is 0 Å². The Morgan fingerprint density at radius 1 is 1.26 bits per heavy atom. The fourth-order valence-electron chi connectivity index (χ4n) is 1.88. The van der Waals surface area contributed by atoms with Crippen LogP contribution < -0.4 is 5.69 Å². The van der Waals surface area contributed by atoms with Gasteiger partial charge in [0.1, 0.15) is 0 Å². The standard InChI is InChI=1S/C14H16N2O3/c1-10(13(17)18)12-5-3-11(4-6-12)9-16-8-7-15(2)14(16)19/h3-8,10H,9H2,1-2H3,(H,17,18). The predicted molar refractivity (Wildman–Crippen MR) is 71.3 cm³/mol. The second-order valence-corrected chi connectivity index (χ2v) is 4.62. The number of hydrogen-bond acceptors (Lipinski definition) is 2. The van der Waals surface area contributed by atoms with Gasteiger partial charge in [0.25, 0.3) is 0 Å². The minimum atomic E-state index is -0.841. The number of aromatic nitrogens is 2. The first-order valence-corrected chi connectivity index (χ1v) is 6.02. The van der Waals surface area contributed by atoms with Gasteiger partial charge in [-0.2, -0.15) is 0 Å². The first-order chi connectivity index (χ1) is 8.99. The fourth-order valence-corrected chi connectivity index (χ4v) is 1.88. The van der Waals surface area contributed by atoms with Crippen LogP contribution in [0.2, 0.25) is 0 Å². The van der Waals surface area contributed by atoms with Crippen LogP contribution >= 0.6 is 0 Å². The second-order valence-electron chi connectivity index (χ2n) is 4.62. The van der Waals surface area contributed by atoms with E-state index in [9.17, 15) is 9.59 Å². The summed E-state index contributed by atoms with van der Waals surface area (Å²) in [5.41, 5.74) is 1.66. The third kappa shape index (κ3) is 2.76. The molecule has 2 rings (SSSR count). The van der Waals surface area contributed by atoms with Gasteiger partial charge < -0.3 is 9.67 Å². The van der Waals surface area contributed by atoms with Crippen LogP contribution in [-0.4, -0.2) is 20.2 Å². The molecule has 0 amide bonds. The summed E-state index contributed by atoms with van der Waals surface area (Å²) in [4.78, 5) is 22.6. The molecule has 19 heavy (non-hydrogen) atoms. The van der Waals surface area contributed by atoms with Gasteiger partial charge in [-0.05, 0) is 18.1 Å². The molecule has 1 N–H and O–H groups in total. The quantitative estimate of drug-likeness (QED) is 0.904. The molecule has 5 nitrogen and oxygen atoms in total. The Morgan fingerprint density at radius 2 is 1.89 bits per heavy atom. The van der Waals surface area contributed by atoms with E-state index in [1.165, 1.54) is 4.57 Å². The number of carbonyl (C=O) groups is 1. The van der Waals surface area contributed by atoms with Gasteiger partial charge in [-0.25, -0.2) is 4.79 Å².